The third kappa shape index (κ3) is 11.3. The van der Waals surface area contributed by atoms with Gasteiger partial charge in [0.2, 0.25) is 0 Å². The van der Waals surface area contributed by atoms with Gasteiger partial charge in [-0.1, -0.05) is 0 Å². The maximum Gasteiger partial charge on any atom is 0.0110 e. The summed E-state index contributed by atoms with van der Waals surface area (Å²) in [5, 5.41) is 0. The van der Waals surface area contributed by atoms with Gasteiger partial charge in [0.25, 0.3) is 0 Å². The zero-order chi connectivity index (χ0) is 16.6. The number of hydrogen-bond acceptors (Lipinski definition) is 8. The number of nitrogens with zero attached hydrogens (tertiary/aromatic N) is 3. The summed E-state index contributed by atoms with van der Waals surface area (Å²) in [6, 6.07) is 0. The van der Waals surface area contributed by atoms with Gasteiger partial charge >= 0.3 is 0 Å². The SMILES string of the molecule is NCCN(CCN)CCN(CCN)CCN(CCN)CCN. The second kappa shape index (κ2) is 15.6. The van der Waals surface area contributed by atoms with E-state index in [0.717, 1.165) is 58.9 Å². The predicted octanol–water partition coefficient (Wildman–Crippen LogP) is -3.31. The van der Waals surface area contributed by atoms with E-state index in [1.807, 2.05) is 0 Å². The van der Waals surface area contributed by atoms with Crippen LogP contribution in [0.3, 0.4) is 0 Å². The summed E-state index contributed by atoms with van der Waals surface area (Å²) in [6.07, 6.45) is 0. The van der Waals surface area contributed by atoms with Gasteiger partial charge in [-0.25, -0.2) is 0 Å². The predicted molar refractivity (Wildman–Crippen MR) is 94.6 cm³/mol. The lowest BCUT2D eigenvalue weighted by molar-refractivity contribution is 0.183. The first-order valence-electron chi connectivity index (χ1n) is 8.39. The van der Waals surface area contributed by atoms with Gasteiger partial charge < -0.3 is 28.7 Å². The highest BCUT2D eigenvalue weighted by atomic mass is 15.2. The largest absolute Gasteiger partial charge is 0.329 e. The Balaban J connectivity index is 4.21. The van der Waals surface area contributed by atoms with Gasteiger partial charge in [0.15, 0.2) is 0 Å². The molecule has 0 rings (SSSR count). The quantitative estimate of drug-likeness (QED) is 0.199. The molecule has 0 atom stereocenters. The molecular weight excluding hydrogens is 280 g/mol. The molecule has 0 aliphatic rings. The van der Waals surface area contributed by atoms with Gasteiger partial charge in [0.1, 0.15) is 0 Å². The molecule has 0 aromatic carbocycles. The monoisotopic (exact) mass is 318 g/mol. The van der Waals surface area contributed by atoms with E-state index in [1.54, 1.807) is 0 Å². The van der Waals surface area contributed by atoms with Crippen molar-refractivity contribution >= 4 is 0 Å². The van der Waals surface area contributed by atoms with Crippen molar-refractivity contribution in [3.05, 3.63) is 0 Å². The summed E-state index contributed by atoms with van der Waals surface area (Å²) in [7, 11) is 0. The van der Waals surface area contributed by atoms with E-state index in [4.69, 9.17) is 28.7 Å². The summed E-state index contributed by atoms with van der Waals surface area (Å²) in [4.78, 5) is 7.00. The summed E-state index contributed by atoms with van der Waals surface area (Å²) >= 11 is 0. The zero-order valence-corrected chi connectivity index (χ0v) is 14.1. The molecule has 0 radical (unpaired) electrons. The molecule has 0 saturated carbocycles. The Bertz CT molecular complexity index is 197. The molecule has 0 aliphatic heterocycles. The van der Waals surface area contributed by atoms with Crippen molar-refractivity contribution in [2.75, 3.05) is 91.6 Å². The first-order valence-corrected chi connectivity index (χ1v) is 8.39. The Morgan fingerprint density at radius 3 is 0.682 bits per heavy atom. The van der Waals surface area contributed by atoms with Crippen molar-refractivity contribution in [3.63, 3.8) is 0 Å². The van der Waals surface area contributed by atoms with E-state index < -0.39 is 0 Å². The Morgan fingerprint density at radius 1 is 0.318 bits per heavy atom. The third-order valence-corrected chi connectivity index (χ3v) is 3.69. The lowest BCUT2D eigenvalue weighted by Crippen LogP contribution is -2.45. The number of rotatable bonds is 16. The topological polar surface area (TPSA) is 140 Å². The summed E-state index contributed by atoms with van der Waals surface area (Å²) in [6.45, 7) is 11.7. The minimum atomic E-state index is 0.664. The second-order valence-corrected chi connectivity index (χ2v) is 5.47. The molecule has 0 amide bonds. The van der Waals surface area contributed by atoms with Crippen LogP contribution in [0.25, 0.3) is 0 Å². The molecule has 0 unspecified atom stereocenters. The fourth-order valence-corrected chi connectivity index (χ4v) is 2.48. The molecule has 0 aromatic rings. The van der Waals surface area contributed by atoms with Crippen LogP contribution >= 0.6 is 0 Å². The van der Waals surface area contributed by atoms with E-state index in [-0.39, 0.29) is 0 Å². The lowest BCUT2D eigenvalue weighted by Gasteiger charge is -2.29. The van der Waals surface area contributed by atoms with Gasteiger partial charge in [-0.15, -0.1) is 0 Å². The Hall–Kier alpha value is -0.320. The molecule has 0 bridgehead atoms. The third-order valence-electron chi connectivity index (χ3n) is 3.69. The Kier molecular flexibility index (Phi) is 15.3. The van der Waals surface area contributed by atoms with Gasteiger partial charge in [-0.2, -0.15) is 0 Å². The molecule has 0 spiro atoms. The summed E-state index contributed by atoms with van der Waals surface area (Å²) in [5.74, 6) is 0. The summed E-state index contributed by atoms with van der Waals surface area (Å²) in [5.41, 5.74) is 28.3. The van der Waals surface area contributed by atoms with Crippen LogP contribution in [0.4, 0.5) is 0 Å². The van der Waals surface area contributed by atoms with Crippen LogP contribution in [0.2, 0.25) is 0 Å². The molecular formula is C14H38N8. The van der Waals surface area contributed by atoms with E-state index in [9.17, 15) is 0 Å². The minimum absolute atomic E-state index is 0.664. The molecule has 0 aliphatic carbocycles. The molecule has 8 heteroatoms. The number of nitrogens with two attached hydrogens (primary N) is 5. The van der Waals surface area contributed by atoms with Crippen LogP contribution in [0.1, 0.15) is 0 Å². The highest BCUT2D eigenvalue weighted by Gasteiger charge is 2.10. The second-order valence-electron chi connectivity index (χ2n) is 5.47. The average molecular weight is 319 g/mol. The molecule has 22 heavy (non-hydrogen) atoms. The van der Waals surface area contributed by atoms with Crippen LogP contribution in [-0.4, -0.2) is 106 Å². The molecule has 0 fully saturated rings. The van der Waals surface area contributed by atoms with Crippen molar-refractivity contribution < 1.29 is 0 Å². The normalized spacial score (nSPS) is 12.0. The average Bonchev–Trinajstić information content (AvgIpc) is 2.50. The van der Waals surface area contributed by atoms with E-state index in [1.165, 1.54) is 0 Å². The van der Waals surface area contributed by atoms with Crippen LogP contribution in [0.5, 0.6) is 0 Å². The molecule has 10 N–H and O–H groups in total. The maximum absolute atomic E-state index is 5.73. The van der Waals surface area contributed by atoms with Crippen LogP contribution in [0.15, 0.2) is 0 Å². The van der Waals surface area contributed by atoms with Crippen molar-refractivity contribution in [2.45, 2.75) is 0 Å². The van der Waals surface area contributed by atoms with Crippen molar-refractivity contribution in [2.24, 2.45) is 28.7 Å². The molecule has 8 nitrogen and oxygen atoms in total. The fourth-order valence-electron chi connectivity index (χ4n) is 2.48. The first-order chi connectivity index (χ1) is 10.7. The van der Waals surface area contributed by atoms with Crippen molar-refractivity contribution in [3.8, 4) is 0 Å². The highest BCUT2D eigenvalue weighted by Crippen LogP contribution is 1.94. The standard InChI is InChI=1S/C14H38N8/c15-1-6-20(7-2-16)11-13-22(10-5-19)14-12-21(8-3-17)9-4-18/h1-19H2. The van der Waals surface area contributed by atoms with Gasteiger partial charge in [-0.05, 0) is 0 Å². The summed E-state index contributed by atoms with van der Waals surface area (Å²) < 4.78 is 0. The smallest absolute Gasteiger partial charge is 0.0110 e. The molecule has 0 saturated heterocycles. The highest BCUT2D eigenvalue weighted by molar-refractivity contribution is 4.68. The minimum Gasteiger partial charge on any atom is -0.329 e. The van der Waals surface area contributed by atoms with Crippen molar-refractivity contribution in [1.29, 1.82) is 0 Å². The van der Waals surface area contributed by atoms with Crippen LogP contribution in [0, 0.1) is 0 Å². The lowest BCUT2D eigenvalue weighted by atomic mass is 10.3. The molecule has 0 heterocycles. The number of hydrogen-bond donors (Lipinski definition) is 5. The Labute approximate surface area is 135 Å². The van der Waals surface area contributed by atoms with Gasteiger partial charge in [-0.3, -0.25) is 14.7 Å². The first kappa shape index (κ1) is 21.7. The van der Waals surface area contributed by atoms with Crippen LogP contribution in [-0.2, 0) is 0 Å². The fraction of sp³-hybridized carbons (Fsp3) is 1.00. The van der Waals surface area contributed by atoms with E-state index in [2.05, 4.69) is 14.7 Å². The Morgan fingerprint density at radius 2 is 0.500 bits per heavy atom. The molecule has 0 aromatic heterocycles. The van der Waals surface area contributed by atoms with Crippen molar-refractivity contribution in [1.82, 2.24) is 14.7 Å². The zero-order valence-electron chi connectivity index (χ0n) is 14.1. The van der Waals surface area contributed by atoms with Crippen LogP contribution < -0.4 is 28.7 Å². The van der Waals surface area contributed by atoms with E-state index >= 15 is 0 Å². The molecule has 134 valence electrons. The van der Waals surface area contributed by atoms with Gasteiger partial charge in [0.05, 0.1) is 0 Å². The van der Waals surface area contributed by atoms with Gasteiger partial charge in [0, 0.05) is 91.6 Å². The maximum atomic E-state index is 5.73. The van der Waals surface area contributed by atoms with E-state index in [0.29, 0.717) is 32.7 Å².